The van der Waals surface area contributed by atoms with Gasteiger partial charge in [0.05, 0.1) is 6.10 Å². The maximum absolute atomic E-state index is 11.8. The minimum atomic E-state index is 0.0857. The third-order valence-electron chi connectivity index (χ3n) is 5.33. The number of nitrogens with zero attached hydrogens (tertiary/aromatic N) is 2. The zero-order valence-electron chi connectivity index (χ0n) is 14.3. The van der Waals surface area contributed by atoms with Crippen LogP contribution in [0.2, 0.25) is 0 Å². The topological polar surface area (TPSA) is 51.2 Å². The summed E-state index contributed by atoms with van der Waals surface area (Å²) in [5.41, 5.74) is 2.50. The normalized spacial score (nSPS) is 27.1. The highest BCUT2D eigenvalue weighted by molar-refractivity contribution is 5.77. The van der Waals surface area contributed by atoms with E-state index in [4.69, 9.17) is 14.2 Å². The van der Waals surface area contributed by atoms with Gasteiger partial charge < -0.3 is 19.1 Å². The van der Waals surface area contributed by atoms with Crippen LogP contribution >= 0.6 is 0 Å². The molecule has 3 heterocycles. The highest BCUT2D eigenvalue weighted by atomic mass is 16.7. The van der Waals surface area contributed by atoms with Gasteiger partial charge in [0.1, 0.15) is 6.61 Å². The quantitative estimate of drug-likeness (QED) is 0.819. The molecule has 1 amide bonds. The number of hydrogen-bond acceptors (Lipinski definition) is 5. The van der Waals surface area contributed by atoms with Crippen LogP contribution in [0.1, 0.15) is 17.5 Å². The number of rotatable bonds is 2. The van der Waals surface area contributed by atoms with E-state index in [1.807, 2.05) is 7.05 Å². The summed E-state index contributed by atoms with van der Waals surface area (Å²) in [7, 11) is 1.87. The van der Waals surface area contributed by atoms with Crippen molar-refractivity contribution in [1.82, 2.24) is 9.80 Å². The van der Waals surface area contributed by atoms with Crippen LogP contribution in [0.4, 0.5) is 0 Å². The van der Waals surface area contributed by atoms with Gasteiger partial charge in [0, 0.05) is 39.1 Å². The van der Waals surface area contributed by atoms with Crippen LogP contribution in [0, 0.1) is 12.8 Å². The van der Waals surface area contributed by atoms with E-state index < -0.39 is 0 Å². The molecule has 0 bridgehead atoms. The monoisotopic (exact) mass is 332 g/mol. The Bertz CT molecular complexity index is 648. The van der Waals surface area contributed by atoms with Gasteiger partial charge in [-0.05, 0) is 36.6 Å². The Hall–Kier alpha value is -1.79. The predicted octanol–water partition coefficient (Wildman–Crippen LogP) is 1.40. The summed E-state index contributed by atoms with van der Waals surface area (Å²) < 4.78 is 16.8. The van der Waals surface area contributed by atoms with Crippen LogP contribution in [-0.4, -0.2) is 61.9 Å². The van der Waals surface area contributed by atoms with Gasteiger partial charge in [-0.2, -0.15) is 0 Å². The fourth-order valence-corrected chi connectivity index (χ4v) is 3.86. The van der Waals surface area contributed by atoms with Gasteiger partial charge in [-0.3, -0.25) is 9.69 Å². The number of likely N-dealkylation sites (tertiary alicyclic amines) is 1. The first-order valence-electron chi connectivity index (χ1n) is 8.57. The van der Waals surface area contributed by atoms with Crippen molar-refractivity contribution in [3.63, 3.8) is 0 Å². The fraction of sp³-hybridized carbons (Fsp3) is 0.611. The number of fused-ring (bicyclic) bond motifs is 2. The average Bonchev–Trinajstić information content (AvgIpc) is 2.95. The smallest absolute Gasteiger partial charge is 0.248 e. The zero-order chi connectivity index (χ0) is 16.7. The van der Waals surface area contributed by atoms with Crippen LogP contribution in [0.15, 0.2) is 12.1 Å². The standard InChI is InChI=1S/C18H24N2O4/c1-12-5-16-17(24-11-23-16)6-13(12)8-20-4-3-15-14(9-20)7-19(2)18(21)10-22-15/h5-6,14-15H,3-4,7-11H2,1-2H3/t14-,15-/m0/s1. The summed E-state index contributed by atoms with van der Waals surface area (Å²) in [6.07, 6.45) is 1.18. The summed E-state index contributed by atoms with van der Waals surface area (Å²) in [5, 5.41) is 0. The second-order valence-corrected chi connectivity index (χ2v) is 7.04. The maximum Gasteiger partial charge on any atom is 0.248 e. The molecule has 2 atom stereocenters. The second kappa shape index (κ2) is 6.26. The molecule has 0 aliphatic carbocycles. The summed E-state index contributed by atoms with van der Waals surface area (Å²) in [6, 6.07) is 4.16. The Morgan fingerprint density at radius 1 is 1.21 bits per heavy atom. The number of benzene rings is 1. The van der Waals surface area contributed by atoms with E-state index in [0.717, 1.165) is 44.1 Å². The fourth-order valence-electron chi connectivity index (χ4n) is 3.86. The number of hydrogen-bond donors (Lipinski definition) is 0. The van der Waals surface area contributed by atoms with Gasteiger partial charge in [0.25, 0.3) is 0 Å². The molecule has 0 N–H and O–H groups in total. The molecule has 2 fully saturated rings. The van der Waals surface area contributed by atoms with Crippen LogP contribution in [-0.2, 0) is 16.1 Å². The van der Waals surface area contributed by atoms with Gasteiger partial charge in [-0.25, -0.2) is 0 Å². The molecule has 0 unspecified atom stereocenters. The van der Waals surface area contributed by atoms with Crippen LogP contribution in [0.25, 0.3) is 0 Å². The van der Waals surface area contributed by atoms with E-state index >= 15 is 0 Å². The Labute approximate surface area is 142 Å². The van der Waals surface area contributed by atoms with Gasteiger partial charge in [-0.15, -0.1) is 0 Å². The third-order valence-corrected chi connectivity index (χ3v) is 5.33. The van der Waals surface area contributed by atoms with Crippen molar-refractivity contribution >= 4 is 5.91 Å². The Kier molecular flexibility index (Phi) is 4.10. The van der Waals surface area contributed by atoms with E-state index in [0.29, 0.717) is 12.7 Å². The maximum atomic E-state index is 11.8. The van der Waals surface area contributed by atoms with Gasteiger partial charge in [0.2, 0.25) is 12.7 Å². The summed E-state index contributed by atoms with van der Waals surface area (Å²) in [6.45, 7) is 6.26. The molecule has 6 nitrogen and oxygen atoms in total. The Balaban J connectivity index is 1.46. The molecule has 24 heavy (non-hydrogen) atoms. The molecule has 0 aromatic heterocycles. The number of piperidine rings is 1. The van der Waals surface area contributed by atoms with Gasteiger partial charge in [0.15, 0.2) is 11.5 Å². The molecule has 0 spiro atoms. The van der Waals surface area contributed by atoms with E-state index in [-0.39, 0.29) is 18.6 Å². The van der Waals surface area contributed by atoms with Crippen molar-refractivity contribution < 1.29 is 19.0 Å². The largest absolute Gasteiger partial charge is 0.454 e. The van der Waals surface area contributed by atoms with Crippen molar-refractivity contribution in [2.75, 3.05) is 40.1 Å². The molecule has 0 radical (unpaired) electrons. The number of ether oxygens (including phenoxy) is 3. The molecule has 1 aromatic rings. The summed E-state index contributed by atoms with van der Waals surface area (Å²) in [4.78, 5) is 16.1. The molecule has 3 aliphatic rings. The Morgan fingerprint density at radius 2 is 2.00 bits per heavy atom. The molecule has 4 rings (SSSR count). The molecular formula is C18H24N2O4. The SMILES string of the molecule is Cc1cc2c(cc1CN1CC[C@@H]3OCC(=O)N(C)C[C@H]3C1)OCO2. The second-order valence-electron chi connectivity index (χ2n) is 7.04. The molecule has 6 heteroatoms. The number of likely N-dealkylation sites (N-methyl/N-ethyl adjacent to an activating group) is 1. The molecule has 3 aliphatic heterocycles. The van der Waals surface area contributed by atoms with Gasteiger partial charge >= 0.3 is 0 Å². The average molecular weight is 332 g/mol. The van der Waals surface area contributed by atoms with Crippen molar-refractivity contribution in [2.45, 2.75) is 26.0 Å². The minimum Gasteiger partial charge on any atom is -0.454 e. The first-order valence-corrected chi connectivity index (χ1v) is 8.57. The van der Waals surface area contributed by atoms with E-state index in [1.165, 1.54) is 11.1 Å². The molecular weight excluding hydrogens is 308 g/mol. The van der Waals surface area contributed by atoms with Crippen LogP contribution in [0.3, 0.4) is 0 Å². The van der Waals surface area contributed by atoms with E-state index in [1.54, 1.807) is 4.90 Å². The van der Waals surface area contributed by atoms with Crippen molar-refractivity contribution in [2.24, 2.45) is 5.92 Å². The van der Waals surface area contributed by atoms with Crippen molar-refractivity contribution in [1.29, 1.82) is 0 Å². The lowest BCUT2D eigenvalue weighted by Gasteiger charge is -2.38. The highest BCUT2D eigenvalue weighted by Gasteiger charge is 2.34. The lowest BCUT2D eigenvalue weighted by Crippen LogP contribution is -2.46. The summed E-state index contributed by atoms with van der Waals surface area (Å²) in [5.74, 6) is 2.15. The van der Waals surface area contributed by atoms with Crippen molar-refractivity contribution in [3.05, 3.63) is 23.3 Å². The molecule has 130 valence electrons. The number of carbonyl (C=O) groups excluding carboxylic acids is 1. The lowest BCUT2D eigenvalue weighted by molar-refractivity contribution is -0.133. The first-order chi connectivity index (χ1) is 11.6. The van der Waals surface area contributed by atoms with E-state index in [9.17, 15) is 4.79 Å². The predicted molar refractivity (Wildman–Crippen MR) is 88.1 cm³/mol. The van der Waals surface area contributed by atoms with Gasteiger partial charge in [-0.1, -0.05) is 0 Å². The van der Waals surface area contributed by atoms with E-state index in [2.05, 4.69) is 24.0 Å². The molecule has 1 aromatic carbocycles. The highest BCUT2D eigenvalue weighted by Crippen LogP contribution is 2.35. The molecule has 0 saturated carbocycles. The van der Waals surface area contributed by atoms with Crippen LogP contribution < -0.4 is 9.47 Å². The number of aryl methyl sites for hydroxylation is 1. The number of amides is 1. The van der Waals surface area contributed by atoms with Crippen LogP contribution in [0.5, 0.6) is 11.5 Å². The Morgan fingerprint density at radius 3 is 2.83 bits per heavy atom. The number of carbonyl (C=O) groups is 1. The zero-order valence-corrected chi connectivity index (χ0v) is 14.3. The first kappa shape index (κ1) is 15.7. The minimum absolute atomic E-state index is 0.0857. The van der Waals surface area contributed by atoms with Crippen molar-refractivity contribution in [3.8, 4) is 11.5 Å². The summed E-state index contributed by atoms with van der Waals surface area (Å²) >= 11 is 0. The lowest BCUT2D eigenvalue weighted by atomic mass is 9.93. The molecule has 2 saturated heterocycles. The third kappa shape index (κ3) is 2.96.